The molecular formula is C14H20ClN3O. The van der Waals surface area contributed by atoms with Crippen LogP contribution < -0.4 is 5.32 Å². The summed E-state index contributed by atoms with van der Waals surface area (Å²) in [5.74, 6) is 0.586. The number of rotatable bonds is 2. The molecule has 1 N–H and O–H groups in total. The van der Waals surface area contributed by atoms with Crippen molar-refractivity contribution in [2.24, 2.45) is 5.41 Å². The number of halogens is 1. The lowest BCUT2D eigenvalue weighted by atomic mass is 9.82. The van der Waals surface area contributed by atoms with Gasteiger partial charge in [-0.2, -0.15) is 0 Å². The lowest BCUT2D eigenvalue weighted by Gasteiger charge is -2.36. The molecule has 5 heteroatoms. The predicted octanol–water partition coefficient (Wildman–Crippen LogP) is 3.04. The number of anilines is 1. The van der Waals surface area contributed by atoms with Gasteiger partial charge in [0.1, 0.15) is 11.5 Å². The fraction of sp³-hybridized carbons (Fsp3) is 0.571. The van der Waals surface area contributed by atoms with Crippen LogP contribution in [0.3, 0.4) is 0 Å². The van der Waals surface area contributed by atoms with E-state index in [1.165, 1.54) is 0 Å². The van der Waals surface area contributed by atoms with Gasteiger partial charge in [0.15, 0.2) is 0 Å². The molecule has 0 spiro atoms. The van der Waals surface area contributed by atoms with Crippen LogP contribution in [-0.4, -0.2) is 35.9 Å². The van der Waals surface area contributed by atoms with E-state index in [1.54, 1.807) is 19.2 Å². The summed E-state index contributed by atoms with van der Waals surface area (Å²) < 4.78 is 0. The molecule has 0 radical (unpaired) electrons. The van der Waals surface area contributed by atoms with E-state index in [0.29, 0.717) is 21.9 Å². The topological polar surface area (TPSA) is 45.2 Å². The molecule has 0 unspecified atom stereocenters. The maximum atomic E-state index is 12.5. The molecule has 0 aliphatic carbocycles. The third kappa shape index (κ3) is 3.18. The zero-order chi connectivity index (χ0) is 14.0. The smallest absolute Gasteiger partial charge is 0.274 e. The molecule has 19 heavy (non-hydrogen) atoms. The van der Waals surface area contributed by atoms with E-state index in [9.17, 15) is 4.79 Å². The van der Waals surface area contributed by atoms with Crippen molar-refractivity contribution in [3.63, 3.8) is 0 Å². The third-order valence-corrected chi connectivity index (χ3v) is 4.01. The van der Waals surface area contributed by atoms with Crippen molar-refractivity contribution >= 4 is 23.3 Å². The van der Waals surface area contributed by atoms with Gasteiger partial charge in [-0.15, -0.1) is 0 Å². The Morgan fingerprint density at radius 3 is 2.58 bits per heavy atom. The molecule has 1 aliphatic heterocycles. The molecule has 104 valence electrons. The maximum absolute atomic E-state index is 12.5. The predicted molar refractivity (Wildman–Crippen MR) is 77.7 cm³/mol. The van der Waals surface area contributed by atoms with Crippen LogP contribution in [-0.2, 0) is 0 Å². The lowest BCUT2D eigenvalue weighted by Crippen LogP contribution is -2.41. The average Bonchev–Trinajstić information content (AvgIpc) is 2.38. The van der Waals surface area contributed by atoms with E-state index in [1.807, 2.05) is 4.90 Å². The SMILES string of the molecule is CNc1ccc(Cl)c(C(=O)N2CCC(C)(C)CC2)n1. The summed E-state index contributed by atoms with van der Waals surface area (Å²) in [6, 6.07) is 3.47. The molecule has 4 nitrogen and oxygen atoms in total. The summed E-state index contributed by atoms with van der Waals surface area (Å²) >= 11 is 6.09. The Morgan fingerprint density at radius 2 is 2.00 bits per heavy atom. The monoisotopic (exact) mass is 281 g/mol. The Balaban J connectivity index is 2.16. The largest absolute Gasteiger partial charge is 0.373 e. The van der Waals surface area contributed by atoms with E-state index >= 15 is 0 Å². The minimum atomic E-state index is -0.0717. The van der Waals surface area contributed by atoms with Crippen molar-refractivity contribution in [3.8, 4) is 0 Å². The van der Waals surface area contributed by atoms with Gasteiger partial charge in [0.25, 0.3) is 5.91 Å². The number of hydrogen-bond acceptors (Lipinski definition) is 3. The van der Waals surface area contributed by atoms with Crippen molar-refractivity contribution < 1.29 is 4.79 Å². The van der Waals surface area contributed by atoms with Crippen LogP contribution >= 0.6 is 11.6 Å². The Labute approximate surface area is 119 Å². The fourth-order valence-corrected chi connectivity index (χ4v) is 2.38. The van der Waals surface area contributed by atoms with Crippen LogP contribution in [0.1, 0.15) is 37.2 Å². The van der Waals surface area contributed by atoms with E-state index in [-0.39, 0.29) is 5.91 Å². The highest BCUT2D eigenvalue weighted by Crippen LogP contribution is 2.30. The lowest BCUT2D eigenvalue weighted by molar-refractivity contribution is 0.0625. The number of carbonyl (C=O) groups is 1. The number of nitrogens with one attached hydrogen (secondary N) is 1. The molecule has 2 rings (SSSR count). The van der Waals surface area contributed by atoms with Crippen molar-refractivity contribution in [2.75, 3.05) is 25.5 Å². The van der Waals surface area contributed by atoms with E-state index in [2.05, 4.69) is 24.1 Å². The summed E-state index contributed by atoms with van der Waals surface area (Å²) in [6.07, 6.45) is 2.03. The molecule has 0 aromatic carbocycles. The van der Waals surface area contributed by atoms with Crippen molar-refractivity contribution in [1.82, 2.24) is 9.88 Å². The second-order valence-electron chi connectivity index (χ2n) is 5.73. The molecular weight excluding hydrogens is 262 g/mol. The number of pyridine rings is 1. The number of piperidine rings is 1. The van der Waals surface area contributed by atoms with Gasteiger partial charge < -0.3 is 10.2 Å². The fourth-order valence-electron chi connectivity index (χ4n) is 2.20. The van der Waals surface area contributed by atoms with Crippen molar-refractivity contribution in [2.45, 2.75) is 26.7 Å². The van der Waals surface area contributed by atoms with Crippen LogP contribution in [0.2, 0.25) is 5.02 Å². The highest BCUT2D eigenvalue weighted by atomic mass is 35.5. The summed E-state index contributed by atoms with van der Waals surface area (Å²) in [7, 11) is 1.77. The third-order valence-electron chi connectivity index (χ3n) is 3.71. The van der Waals surface area contributed by atoms with Gasteiger partial charge in [-0.1, -0.05) is 25.4 Å². The Morgan fingerprint density at radius 1 is 1.37 bits per heavy atom. The van der Waals surface area contributed by atoms with Gasteiger partial charge in [-0.25, -0.2) is 4.98 Å². The minimum absolute atomic E-state index is 0.0717. The summed E-state index contributed by atoms with van der Waals surface area (Å²) in [6.45, 7) is 6.02. The summed E-state index contributed by atoms with van der Waals surface area (Å²) in [5, 5.41) is 3.34. The molecule has 2 heterocycles. The molecule has 0 saturated carbocycles. The van der Waals surface area contributed by atoms with E-state index < -0.39 is 0 Å². The first-order valence-corrected chi connectivity index (χ1v) is 6.94. The van der Waals surface area contributed by atoms with Crippen LogP contribution in [0.4, 0.5) is 5.82 Å². The molecule has 1 amide bonds. The van der Waals surface area contributed by atoms with Crippen LogP contribution in [0.25, 0.3) is 0 Å². The number of amides is 1. The number of carbonyl (C=O) groups excluding carboxylic acids is 1. The first-order valence-electron chi connectivity index (χ1n) is 6.56. The second-order valence-corrected chi connectivity index (χ2v) is 6.14. The summed E-state index contributed by atoms with van der Waals surface area (Å²) in [4.78, 5) is 18.6. The van der Waals surface area contributed by atoms with Gasteiger partial charge in [0.2, 0.25) is 0 Å². The molecule has 0 atom stereocenters. The van der Waals surface area contributed by atoms with Gasteiger partial charge in [0.05, 0.1) is 5.02 Å². The summed E-state index contributed by atoms with van der Waals surface area (Å²) in [5.41, 5.74) is 0.661. The van der Waals surface area contributed by atoms with Crippen molar-refractivity contribution in [3.05, 3.63) is 22.8 Å². The Bertz CT molecular complexity index is 478. The molecule has 1 aromatic rings. The normalized spacial score (nSPS) is 18.2. The molecule has 1 aromatic heterocycles. The number of hydrogen-bond donors (Lipinski definition) is 1. The highest BCUT2D eigenvalue weighted by molar-refractivity contribution is 6.33. The van der Waals surface area contributed by atoms with Crippen LogP contribution in [0.15, 0.2) is 12.1 Å². The quantitative estimate of drug-likeness (QED) is 0.906. The van der Waals surface area contributed by atoms with Crippen LogP contribution in [0, 0.1) is 5.41 Å². The van der Waals surface area contributed by atoms with Crippen molar-refractivity contribution in [1.29, 1.82) is 0 Å². The Hall–Kier alpha value is -1.29. The zero-order valence-corrected chi connectivity index (χ0v) is 12.4. The number of aromatic nitrogens is 1. The average molecular weight is 282 g/mol. The van der Waals surface area contributed by atoms with Gasteiger partial charge in [-0.3, -0.25) is 4.79 Å². The zero-order valence-electron chi connectivity index (χ0n) is 11.7. The molecule has 1 aliphatic rings. The standard InChI is InChI=1S/C14H20ClN3O/c1-14(2)6-8-18(9-7-14)13(19)12-10(15)4-5-11(16-3)17-12/h4-5H,6-9H2,1-3H3,(H,16,17). The first-order chi connectivity index (χ1) is 8.93. The Kier molecular flexibility index (Phi) is 3.99. The second kappa shape index (κ2) is 5.37. The van der Waals surface area contributed by atoms with E-state index in [0.717, 1.165) is 25.9 Å². The van der Waals surface area contributed by atoms with Gasteiger partial charge in [-0.05, 0) is 30.4 Å². The molecule has 1 fully saturated rings. The maximum Gasteiger partial charge on any atom is 0.274 e. The van der Waals surface area contributed by atoms with E-state index in [4.69, 9.17) is 11.6 Å². The number of nitrogens with zero attached hydrogens (tertiary/aromatic N) is 2. The van der Waals surface area contributed by atoms with Gasteiger partial charge in [0, 0.05) is 20.1 Å². The highest BCUT2D eigenvalue weighted by Gasteiger charge is 2.29. The number of likely N-dealkylation sites (tertiary alicyclic amines) is 1. The minimum Gasteiger partial charge on any atom is -0.373 e. The van der Waals surface area contributed by atoms with Crippen LogP contribution in [0.5, 0.6) is 0 Å². The molecule has 1 saturated heterocycles. The molecule has 0 bridgehead atoms. The van der Waals surface area contributed by atoms with Gasteiger partial charge >= 0.3 is 0 Å². The first kappa shape index (κ1) is 14.1.